The summed E-state index contributed by atoms with van der Waals surface area (Å²) < 4.78 is 1.52. The molecule has 0 radical (unpaired) electrons. The lowest BCUT2D eigenvalue weighted by molar-refractivity contribution is -0.138. The van der Waals surface area contributed by atoms with Gasteiger partial charge in [-0.05, 0) is 18.9 Å². The van der Waals surface area contributed by atoms with Crippen molar-refractivity contribution in [2.45, 2.75) is 39.3 Å². The maximum atomic E-state index is 12.3. The summed E-state index contributed by atoms with van der Waals surface area (Å²) in [6.45, 7) is 5.30. The molecular formula is C15H25N5O3. The Balaban J connectivity index is 2.62. The van der Waals surface area contributed by atoms with Gasteiger partial charge < -0.3 is 16.0 Å². The van der Waals surface area contributed by atoms with Crippen molar-refractivity contribution in [3.05, 3.63) is 18.5 Å². The van der Waals surface area contributed by atoms with Gasteiger partial charge >= 0.3 is 0 Å². The van der Waals surface area contributed by atoms with Crippen molar-refractivity contribution in [1.82, 2.24) is 20.0 Å². The van der Waals surface area contributed by atoms with Crippen LogP contribution in [0, 0.1) is 5.92 Å². The molecule has 3 atom stereocenters. The van der Waals surface area contributed by atoms with Gasteiger partial charge in [-0.15, -0.1) is 0 Å². The van der Waals surface area contributed by atoms with Crippen LogP contribution in [-0.4, -0.2) is 52.0 Å². The minimum atomic E-state index is -0.737. The van der Waals surface area contributed by atoms with Crippen LogP contribution in [0.3, 0.4) is 0 Å². The normalized spacial score (nSPS) is 14.6. The van der Waals surface area contributed by atoms with E-state index in [1.165, 1.54) is 16.6 Å². The molecule has 23 heavy (non-hydrogen) atoms. The highest BCUT2D eigenvalue weighted by atomic mass is 16.2. The van der Waals surface area contributed by atoms with Crippen LogP contribution in [0.4, 0.5) is 0 Å². The van der Waals surface area contributed by atoms with Gasteiger partial charge in [-0.1, -0.05) is 20.3 Å². The molecule has 1 rings (SSSR count). The van der Waals surface area contributed by atoms with Gasteiger partial charge in [0, 0.05) is 19.4 Å². The molecule has 3 amide bonds. The van der Waals surface area contributed by atoms with Gasteiger partial charge in [-0.25, -0.2) is 0 Å². The second-order valence-corrected chi connectivity index (χ2v) is 5.69. The average Bonchev–Trinajstić information content (AvgIpc) is 3.04. The summed E-state index contributed by atoms with van der Waals surface area (Å²) in [5.74, 6) is -1.31. The largest absolute Gasteiger partial charge is 0.368 e. The van der Waals surface area contributed by atoms with E-state index in [1.807, 2.05) is 13.8 Å². The summed E-state index contributed by atoms with van der Waals surface area (Å²) in [5, 5.41) is 6.61. The molecule has 0 aromatic carbocycles. The van der Waals surface area contributed by atoms with Crippen molar-refractivity contribution >= 4 is 17.7 Å². The monoisotopic (exact) mass is 323 g/mol. The van der Waals surface area contributed by atoms with Gasteiger partial charge in [0.25, 0.3) is 0 Å². The molecular weight excluding hydrogens is 298 g/mol. The van der Waals surface area contributed by atoms with Gasteiger partial charge in [0.1, 0.15) is 12.1 Å². The Morgan fingerprint density at radius 1 is 1.35 bits per heavy atom. The Labute approximate surface area is 136 Å². The van der Waals surface area contributed by atoms with Gasteiger partial charge in [0.05, 0.1) is 6.54 Å². The van der Waals surface area contributed by atoms with Crippen LogP contribution in [0.2, 0.25) is 0 Å². The molecule has 0 aliphatic carbocycles. The second kappa shape index (κ2) is 8.30. The highest BCUT2D eigenvalue weighted by Crippen LogP contribution is 2.09. The van der Waals surface area contributed by atoms with Crippen LogP contribution in [-0.2, 0) is 14.4 Å². The molecule has 0 saturated heterocycles. The van der Waals surface area contributed by atoms with E-state index >= 15 is 0 Å². The molecule has 1 aromatic heterocycles. The number of rotatable bonds is 8. The molecule has 128 valence electrons. The Morgan fingerprint density at radius 3 is 2.48 bits per heavy atom. The Morgan fingerprint density at radius 2 is 2.00 bits per heavy atom. The minimum Gasteiger partial charge on any atom is -0.368 e. The van der Waals surface area contributed by atoms with E-state index in [2.05, 4.69) is 10.4 Å². The third-order valence-corrected chi connectivity index (χ3v) is 3.87. The van der Waals surface area contributed by atoms with Gasteiger partial charge in [0.15, 0.2) is 0 Å². The zero-order valence-electron chi connectivity index (χ0n) is 14.0. The van der Waals surface area contributed by atoms with E-state index in [0.717, 1.165) is 0 Å². The zero-order chi connectivity index (χ0) is 17.6. The highest BCUT2D eigenvalue weighted by molar-refractivity contribution is 5.90. The van der Waals surface area contributed by atoms with Crippen LogP contribution in [0.15, 0.2) is 18.5 Å². The Kier molecular flexibility index (Phi) is 6.74. The molecule has 0 aliphatic rings. The number of amides is 3. The van der Waals surface area contributed by atoms with Crippen molar-refractivity contribution in [2.24, 2.45) is 11.7 Å². The Hall–Kier alpha value is -2.38. The number of likely N-dealkylation sites (N-methyl/N-ethyl adjacent to an activating group) is 1. The van der Waals surface area contributed by atoms with Crippen molar-refractivity contribution in [3.63, 3.8) is 0 Å². The topological polar surface area (TPSA) is 110 Å². The summed E-state index contributed by atoms with van der Waals surface area (Å²) in [5.41, 5.74) is 5.32. The fraction of sp³-hybridized carbons (Fsp3) is 0.600. The summed E-state index contributed by atoms with van der Waals surface area (Å²) in [6, 6.07) is 0.476. The number of nitrogens with two attached hydrogens (primary N) is 1. The van der Waals surface area contributed by atoms with E-state index in [1.54, 1.807) is 25.4 Å². The lowest BCUT2D eigenvalue weighted by Crippen LogP contribution is -2.51. The zero-order valence-corrected chi connectivity index (χ0v) is 14.0. The third-order valence-electron chi connectivity index (χ3n) is 3.87. The number of hydrogen-bond donors (Lipinski definition) is 2. The van der Waals surface area contributed by atoms with Crippen molar-refractivity contribution in [1.29, 1.82) is 0 Å². The number of nitrogens with zero attached hydrogens (tertiary/aromatic N) is 3. The van der Waals surface area contributed by atoms with E-state index in [0.29, 0.717) is 6.42 Å². The lowest BCUT2D eigenvalue weighted by Gasteiger charge is -2.24. The molecule has 1 aromatic rings. The smallest absolute Gasteiger partial charge is 0.247 e. The van der Waals surface area contributed by atoms with Crippen LogP contribution in [0.25, 0.3) is 0 Å². The first-order chi connectivity index (χ1) is 10.8. The van der Waals surface area contributed by atoms with E-state index in [9.17, 15) is 14.4 Å². The number of carbonyl (C=O) groups is 3. The SMILES string of the molecule is CCC(C)C(NC(=O)CN(C)C(=O)C(C)n1cccn1)C(N)=O. The number of hydrogen-bond acceptors (Lipinski definition) is 4. The molecule has 3 N–H and O–H groups in total. The maximum Gasteiger partial charge on any atom is 0.247 e. The van der Waals surface area contributed by atoms with E-state index in [4.69, 9.17) is 5.73 Å². The summed E-state index contributed by atoms with van der Waals surface area (Å²) in [6.07, 6.45) is 3.97. The molecule has 0 fully saturated rings. The molecule has 8 nitrogen and oxygen atoms in total. The fourth-order valence-corrected chi connectivity index (χ4v) is 2.18. The predicted octanol–water partition coefficient (Wildman–Crippen LogP) is -0.0813. The van der Waals surface area contributed by atoms with Crippen LogP contribution in [0.5, 0.6) is 0 Å². The molecule has 1 heterocycles. The van der Waals surface area contributed by atoms with Crippen molar-refractivity contribution < 1.29 is 14.4 Å². The van der Waals surface area contributed by atoms with Crippen LogP contribution >= 0.6 is 0 Å². The summed E-state index contributed by atoms with van der Waals surface area (Å²) in [4.78, 5) is 37.1. The molecule has 0 bridgehead atoms. The fourth-order valence-electron chi connectivity index (χ4n) is 2.18. The number of aromatic nitrogens is 2. The first kappa shape index (κ1) is 18.7. The van der Waals surface area contributed by atoms with Gasteiger partial charge in [-0.2, -0.15) is 5.10 Å². The Bertz CT molecular complexity index is 543. The van der Waals surface area contributed by atoms with Crippen molar-refractivity contribution in [3.8, 4) is 0 Å². The van der Waals surface area contributed by atoms with E-state index in [-0.39, 0.29) is 18.4 Å². The van der Waals surface area contributed by atoms with E-state index < -0.39 is 23.9 Å². The quantitative estimate of drug-likeness (QED) is 0.697. The van der Waals surface area contributed by atoms with Crippen LogP contribution in [0.1, 0.15) is 33.2 Å². The molecule has 0 saturated carbocycles. The molecule has 0 spiro atoms. The maximum absolute atomic E-state index is 12.3. The number of primary amides is 1. The van der Waals surface area contributed by atoms with Gasteiger partial charge in [0.2, 0.25) is 17.7 Å². The lowest BCUT2D eigenvalue weighted by atomic mass is 9.98. The average molecular weight is 323 g/mol. The molecule has 0 aliphatic heterocycles. The summed E-state index contributed by atoms with van der Waals surface area (Å²) >= 11 is 0. The first-order valence-corrected chi connectivity index (χ1v) is 7.60. The number of carbonyl (C=O) groups excluding carboxylic acids is 3. The van der Waals surface area contributed by atoms with Gasteiger partial charge in [-0.3, -0.25) is 19.1 Å². The minimum absolute atomic E-state index is 0.0690. The summed E-state index contributed by atoms with van der Waals surface area (Å²) in [7, 11) is 1.53. The highest BCUT2D eigenvalue weighted by Gasteiger charge is 2.26. The molecule has 3 unspecified atom stereocenters. The number of nitrogens with one attached hydrogen (secondary N) is 1. The predicted molar refractivity (Wildman–Crippen MR) is 85.2 cm³/mol. The third kappa shape index (κ3) is 5.08. The van der Waals surface area contributed by atoms with Crippen LogP contribution < -0.4 is 11.1 Å². The standard InChI is InChI=1S/C15H25N5O3/c1-5-10(2)13(14(16)22)18-12(21)9-19(4)15(23)11(3)20-8-6-7-17-20/h6-8,10-11,13H,5,9H2,1-4H3,(H2,16,22)(H,18,21). The molecule has 8 heteroatoms. The first-order valence-electron chi connectivity index (χ1n) is 7.60. The second-order valence-electron chi connectivity index (χ2n) is 5.69. The van der Waals surface area contributed by atoms with Crippen molar-refractivity contribution in [2.75, 3.05) is 13.6 Å².